The highest BCUT2D eigenvalue weighted by molar-refractivity contribution is 5.65. The van der Waals surface area contributed by atoms with E-state index in [-0.39, 0.29) is 0 Å². The summed E-state index contributed by atoms with van der Waals surface area (Å²) < 4.78 is 5.15. The lowest BCUT2D eigenvalue weighted by atomic mass is 9.97. The Balaban J connectivity index is 1.80. The lowest BCUT2D eigenvalue weighted by Crippen LogP contribution is -2.18. The highest BCUT2D eigenvalue weighted by atomic mass is 16.5. The van der Waals surface area contributed by atoms with Crippen LogP contribution in [-0.2, 0) is 17.8 Å². The molecule has 1 aliphatic heterocycles. The van der Waals surface area contributed by atoms with Crippen LogP contribution in [0.15, 0.2) is 36.7 Å². The van der Waals surface area contributed by atoms with Crippen LogP contribution in [0.2, 0.25) is 0 Å². The molecule has 21 heavy (non-hydrogen) atoms. The molecule has 0 saturated heterocycles. The van der Waals surface area contributed by atoms with Gasteiger partial charge in [0, 0.05) is 51.3 Å². The molecule has 1 aliphatic rings. The van der Waals surface area contributed by atoms with Crippen LogP contribution in [0.5, 0.6) is 0 Å². The maximum atomic E-state index is 5.15. The molecule has 2 heterocycles. The van der Waals surface area contributed by atoms with Crippen LogP contribution >= 0.6 is 0 Å². The number of hydrogen-bond acceptors (Lipinski definition) is 3. The molecule has 3 heteroatoms. The molecule has 0 N–H and O–H groups in total. The Morgan fingerprint density at radius 1 is 1.24 bits per heavy atom. The van der Waals surface area contributed by atoms with E-state index in [1.165, 1.54) is 27.8 Å². The van der Waals surface area contributed by atoms with Crippen molar-refractivity contribution < 1.29 is 4.74 Å². The third kappa shape index (κ3) is 3.14. The number of rotatable bonds is 5. The summed E-state index contributed by atoms with van der Waals surface area (Å²) in [5, 5.41) is 0. The second-order valence-corrected chi connectivity index (χ2v) is 5.73. The zero-order valence-electron chi connectivity index (χ0n) is 12.8. The first-order chi connectivity index (χ1) is 10.3. The van der Waals surface area contributed by atoms with E-state index >= 15 is 0 Å². The van der Waals surface area contributed by atoms with Crippen LogP contribution in [0.1, 0.15) is 23.1 Å². The molecular formula is C18H22N2O. The zero-order valence-corrected chi connectivity index (χ0v) is 12.8. The average molecular weight is 282 g/mol. The largest absolute Gasteiger partial charge is 0.385 e. The summed E-state index contributed by atoms with van der Waals surface area (Å²) in [5.41, 5.74) is 6.83. The predicted octanol–water partition coefficient (Wildman–Crippen LogP) is 3.41. The summed E-state index contributed by atoms with van der Waals surface area (Å²) >= 11 is 0. The molecule has 0 unspecified atom stereocenters. The van der Waals surface area contributed by atoms with Gasteiger partial charge in [-0.1, -0.05) is 12.1 Å². The third-order valence-electron chi connectivity index (χ3n) is 4.16. The predicted molar refractivity (Wildman–Crippen MR) is 85.0 cm³/mol. The van der Waals surface area contributed by atoms with Gasteiger partial charge in [-0.25, -0.2) is 0 Å². The van der Waals surface area contributed by atoms with Crippen molar-refractivity contribution in [2.24, 2.45) is 0 Å². The number of benzene rings is 1. The van der Waals surface area contributed by atoms with Crippen molar-refractivity contribution in [3.63, 3.8) is 0 Å². The van der Waals surface area contributed by atoms with Crippen LogP contribution in [0, 0.1) is 6.92 Å². The summed E-state index contributed by atoms with van der Waals surface area (Å²) in [7, 11) is 1.77. The summed E-state index contributed by atoms with van der Waals surface area (Å²) in [6.45, 7) is 6.28. The lowest BCUT2D eigenvalue weighted by Gasteiger charge is -2.13. The fraction of sp³-hybridized carbons (Fsp3) is 0.389. The Labute approximate surface area is 126 Å². The van der Waals surface area contributed by atoms with Gasteiger partial charge in [0.15, 0.2) is 0 Å². The van der Waals surface area contributed by atoms with Gasteiger partial charge in [0.05, 0.1) is 0 Å². The molecule has 0 saturated carbocycles. The van der Waals surface area contributed by atoms with Gasteiger partial charge in [0.2, 0.25) is 0 Å². The summed E-state index contributed by atoms with van der Waals surface area (Å²) in [5.74, 6) is 0. The minimum Gasteiger partial charge on any atom is -0.385 e. The summed E-state index contributed by atoms with van der Waals surface area (Å²) in [6.07, 6.45) is 4.85. The first kappa shape index (κ1) is 14.2. The first-order valence-electron chi connectivity index (χ1n) is 7.52. The fourth-order valence-electron chi connectivity index (χ4n) is 3.07. The van der Waals surface area contributed by atoms with Crippen molar-refractivity contribution in [3.8, 4) is 11.1 Å². The third-order valence-corrected chi connectivity index (χ3v) is 4.16. The van der Waals surface area contributed by atoms with Crippen LogP contribution < -0.4 is 0 Å². The number of methoxy groups -OCH3 is 1. The molecule has 0 amide bonds. The van der Waals surface area contributed by atoms with Crippen molar-refractivity contribution in [2.75, 3.05) is 20.3 Å². The quantitative estimate of drug-likeness (QED) is 0.786. The molecule has 0 radical (unpaired) electrons. The molecule has 1 aromatic carbocycles. The van der Waals surface area contributed by atoms with E-state index in [4.69, 9.17) is 4.74 Å². The monoisotopic (exact) mass is 282 g/mol. The maximum Gasteiger partial charge on any atom is 0.0474 e. The minimum atomic E-state index is 0.840. The Hall–Kier alpha value is -1.71. The Morgan fingerprint density at radius 2 is 2.14 bits per heavy atom. The van der Waals surface area contributed by atoms with E-state index in [9.17, 15) is 0 Å². The topological polar surface area (TPSA) is 25.4 Å². The molecule has 3 rings (SSSR count). The number of ether oxygens (including phenoxy) is 1. The number of aryl methyl sites for hydroxylation is 1. The summed E-state index contributed by atoms with van der Waals surface area (Å²) in [4.78, 5) is 6.73. The molecule has 2 aromatic rings. The van der Waals surface area contributed by atoms with Gasteiger partial charge in [-0.3, -0.25) is 9.88 Å². The Bertz CT molecular complexity index is 610. The SMILES string of the molecule is COCCCN1Cc2cc(-c3cccnc3)cc(C)c2C1. The zero-order chi connectivity index (χ0) is 14.7. The van der Waals surface area contributed by atoms with Crippen LogP contribution in [0.25, 0.3) is 11.1 Å². The molecule has 0 fully saturated rings. The van der Waals surface area contributed by atoms with Crippen LogP contribution in [0.4, 0.5) is 0 Å². The van der Waals surface area contributed by atoms with Crippen molar-refractivity contribution in [2.45, 2.75) is 26.4 Å². The average Bonchev–Trinajstić information content (AvgIpc) is 2.92. The van der Waals surface area contributed by atoms with Crippen LogP contribution in [-0.4, -0.2) is 30.1 Å². The molecule has 0 bridgehead atoms. The molecule has 0 atom stereocenters. The Morgan fingerprint density at radius 3 is 2.90 bits per heavy atom. The van der Waals surface area contributed by atoms with E-state index in [2.05, 4.69) is 35.0 Å². The maximum absolute atomic E-state index is 5.15. The number of nitrogens with zero attached hydrogens (tertiary/aromatic N) is 2. The fourth-order valence-corrected chi connectivity index (χ4v) is 3.07. The molecule has 1 aromatic heterocycles. The van der Waals surface area contributed by atoms with E-state index < -0.39 is 0 Å². The van der Waals surface area contributed by atoms with Gasteiger partial charge in [0.25, 0.3) is 0 Å². The number of aromatic nitrogens is 1. The van der Waals surface area contributed by atoms with Crippen LogP contribution in [0.3, 0.4) is 0 Å². The van der Waals surface area contributed by atoms with E-state index in [0.29, 0.717) is 0 Å². The summed E-state index contributed by atoms with van der Waals surface area (Å²) in [6, 6.07) is 8.73. The highest BCUT2D eigenvalue weighted by Gasteiger charge is 2.21. The van der Waals surface area contributed by atoms with Crippen molar-refractivity contribution in [1.82, 2.24) is 9.88 Å². The van der Waals surface area contributed by atoms with Gasteiger partial charge in [-0.05, 0) is 47.7 Å². The van der Waals surface area contributed by atoms with E-state index in [1.54, 1.807) is 7.11 Å². The normalized spacial score (nSPS) is 14.4. The first-order valence-corrected chi connectivity index (χ1v) is 7.52. The van der Waals surface area contributed by atoms with Crippen molar-refractivity contribution >= 4 is 0 Å². The van der Waals surface area contributed by atoms with Gasteiger partial charge >= 0.3 is 0 Å². The van der Waals surface area contributed by atoms with Gasteiger partial charge < -0.3 is 4.74 Å². The lowest BCUT2D eigenvalue weighted by molar-refractivity contribution is 0.172. The molecule has 110 valence electrons. The van der Waals surface area contributed by atoms with E-state index in [1.807, 2.05) is 18.5 Å². The second kappa shape index (κ2) is 6.37. The molecular weight excluding hydrogens is 260 g/mol. The van der Waals surface area contributed by atoms with Gasteiger partial charge in [-0.2, -0.15) is 0 Å². The number of hydrogen-bond donors (Lipinski definition) is 0. The standard InChI is InChI=1S/C18H22N2O/c1-14-9-16(15-5-3-6-19-11-15)10-17-12-20(13-18(14)17)7-4-8-21-2/h3,5-6,9-11H,4,7-8,12-13H2,1-2H3. The Kier molecular flexibility index (Phi) is 4.32. The minimum absolute atomic E-state index is 0.840. The molecule has 0 spiro atoms. The number of fused-ring (bicyclic) bond motifs is 1. The van der Waals surface area contributed by atoms with Gasteiger partial charge in [-0.15, -0.1) is 0 Å². The second-order valence-electron chi connectivity index (χ2n) is 5.73. The van der Waals surface area contributed by atoms with E-state index in [0.717, 1.165) is 32.7 Å². The molecule has 0 aliphatic carbocycles. The smallest absolute Gasteiger partial charge is 0.0474 e. The molecule has 3 nitrogen and oxygen atoms in total. The number of pyridine rings is 1. The van der Waals surface area contributed by atoms with Crippen molar-refractivity contribution in [1.29, 1.82) is 0 Å². The highest BCUT2D eigenvalue weighted by Crippen LogP contribution is 2.31. The van der Waals surface area contributed by atoms with Crippen molar-refractivity contribution in [3.05, 3.63) is 53.3 Å². The van der Waals surface area contributed by atoms with Gasteiger partial charge in [0.1, 0.15) is 0 Å².